The number of carbonyl (C=O) groups is 1. The molecule has 0 saturated carbocycles. The number of carbonyl (C=O) groups excluding carboxylic acids is 1. The Morgan fingerprint density at radius 1 is 1.17 bits per heavy atom. The van der Waals surface area contributed by atoms with Gasteiger partial charge in [0.05, 0.1) is 5.56 Å². The molecule has 0 aliphatic heterocycles. The molecule has 1 aliphatic carbocycles. The van der Waals surface area contributed by atoms with Crippen molar-refractivity contribution in [1.82, 2.24) is 4.57 Å². The Labute approximate surface area is 215 Å². The van der Waals surface area contributed by atoms with Gasteiger partial charge in [-0.3, -0.25) is 4.79 Å². The Bertz CT molecular complexity index is 1420. The Morgan fingerprint density at radius 2 is 1.91 bits per heavy atom. The monoisotopic (exact) mass is 503 g/mol. The minimum atomic E-state index is -0.107. The SMILES string of the molecule is Cn1cc(C=Nc2sc3c(c2C(=O)Nc2ccc(Cl)cc2)CC[C@@H](C(C)(C)C)C3)c2ccccc21. The zero-order chi connectivity index (χ0) is 24.7. The van der Waals surface area contributed by atoms with Gasteiger partial charge < -0.3 is 9.88 Å². The van der Waals surface area contributed by atoms with Gasteiger partial charge in [0.2, 0.25) is 0 Å². The quantitative estimate of drug-likeness (QED) is 0.281. The number of fused-ring (bicyclic) bond motifs is 2. The van der Waals surface area contributed by atoms with Crippen LogP contribution in [0, 0.1) is 11.3 Å². The summed E-state index contributed by atoms with van der Waals surface area (Å²) in [6, 6.07) is 15.5. The predicted octanol–water partition coefficient (Wildman–Crippen LogP) is 8.05. The molecule has 2 heterocycles. The average Bonchev–Trinajstić information content (AvgIpc) is 3.35. The molecule has 1 N–H and O–H groups in total. The molecule has 1 amide bonds. The summed E-state index contributed by atoms with van der Waals surface area (Å²) in [7, 11) is 2.04. The topological polar surface area (TPSA) is 46.4 Å². The molecular weight excluding hydrogens is 474 g/mol. The number of nitrogens with one attached hydrogen (secondary N) is 1. The fourth-order valence-electron chi connectivity index (χ4n) is 4.97. The van der Waals surface area contributed by atoms with E-state index in [1.54, 1.807) is 23.5 Å². The highest BCUT2D eigenvalue weighted by molar-refractivity contribution is 7.16. The van der Waals surface area contributed by atoms with E-state index in [0.29, 0.717) is 16.5 Å². The molecule has 35 heavy (non-hydrogen) atoms. The lowest BCUT2D eigenvalue weighted by atomic mass is 9.72. The van der Waals surface area contributed by atoms with Crippen LogP contribution in [0.2, 0.25) is 5.02 Å². The third kappa shape index (κ3) is 4.80. The summed E-state index contributed by atoms with van der Waals surface area (Å²) < 4.78 is 2.11. The van der Waals surface area contributed by atoms with Crippen molar-refractivity contribution in [1.29, 1.82) is 0 Å². The van der Waals surface area contributed by atoms with Crippen molar-refractivity contribution in [2.24, 2.45) is 23.4 Å². The highest BCUT2D eigenvalue weighted by atomic mass is 35.5. The van der Waals surface area contributed by atoms with Gasteiger partial charge in [0.15, 0.2) is 0 Å². The molecule has 0 spiro atoms. The Hall–Kier alpha value is -2.89. The van der Waals surface area contributed by atoms with Crippen molar-refractivity contribution in [3.05, 3.63) is 81.3 Å². The van der Waals surface area contributed by atoms with Gasteiger partial charge in [0, 0.05) is 51.5 Å². The van der Waals surface area contributed by atoms with Crippen molar-refractivity contribution in [2.45, 2.75) is 40.0 Å². The number of hydrogen-bond acceptors (Lipinski definition) is 3. The molecule has 0 fully saturated rings. The van der Waals surface area contributed by atoms with Crippen LogP contribution in [0.15, 0.2) is 59.7 Å². The average molecular weight is 504 g/mol. The first-order valence-electron chi connectivity index (χ1n) is 12.0. The first-order chi connectivity index (χ1) is 16.7. The van der Waals surface area contributed by atoms with Crippen LogP contribution < -0.4 is 5.32 Å². The second-order valence-electron chi connectivity index (χ2n) is 10.4. The number of hydrogen-bond donors (Lipinski definition) is 1. The Balaban J connectivity index is 1.54. The van der Waals surface area contributed by atoms with E-state index in [9.17, 15) is 4.79 Å². The largest absolute Gasteiger partial charge is 0.350 e. The maximum atomic E-state index is 13.5. The van der Waals surface area contributed by atoms with Gasteiger partial charge in [-0.25, -0.2) is 4.99 Å². The molecule has 1 aliphatic rings. The maximum absolute atomic E-state index is 13.5. The molecule has 6 heteroatoms. The summed E-state index contributed by atoms with van der Waals surface area (Å²) in [5.74, 6) is 0.486. The zero-order valence-electron chi connectivity index (χ0n) is 20.6. The summed E-state index contributed by atoms with van der Waals surface area (Å²) in [6.45, 7) is 6.93. The van der Waals surface area contributed by atoms with E-state index in [1.807, 2.05) is 37.5 Å². The van der Waals surface area contributed by atoms with Crippen LogP contribution in [-0.4, -0.2) is 16.7 Å². The van der Waals surface area contributed by atoms with Crippen molar-refractivity contribution < 1.29 is 4.79 Å². The number of aliphatic imine (C=N–C) groups is 1. The Kier molecular flexibility index (Phi) is 6.32. The molecule has 4 aromatic rings. The highest BCUT2D eigenvalue weighted by Gasteiger charge is 2.33. The lowest BCUT2D eigenvalue weighted by molar-refractivity contribution is 0.102. The number of halogens is 1. The summed E-state index contributed by atoms with van der Waals surface area (Å²) in [5, 5.41) is 5.64. The van der Waals surface area contributed by atoms with Crippen LogP contribution in [0.4, 0.5) is 10.7 Å². The fourth-order valence-corrected chi connectivity index (χ4v) is 6.36. The van der Waals surface area contributed by atoms with Gasteiger partial charge in [-0.2, -0.15) is 0 Å². The van der Waals surface area contributed by atoms with Crippen LogP contribution in [0.3, 0.4) is 0 Å². The fraction of sp³-hybridized carbons (Fsp3) is 0.310. The number of amides is 1. The lowest BCUT2D eigenvalue weighted by Crippen LogP contribution is -2.27. The first-order valence-corrected chi connectivity index (χ1v) is 13.2. The molecule has 0 saturated heterocycles. The Morgan fingerprint density at radius 3 is 2.66 bits per heavy atom. The van der Waals surface area contributed by atoms with E-state index >= 15 is 0 Å². The predicted molar refractivity (Wildman–Crippen MR) is 149 cm³/mol. The van der Waals surface area contributed by atoms with Crippen LogP contribution in [0.5, 0.6) is 0 Å². The minimum Gasteiger partial charge on any atom is -0.350 e. The lowest BCUT2D eigenvalue weighted by Gasteiger charge is -2.33. The van der Waals surface area contributed by atoms with Crippen LogP contribution >= 0.6 is 22.9 Å². The number of rotatable bonds is 4. The first kappa shape index (κ1) is 23.8. The molecule has 1 atom stereocenters. The maximum Gasteiger partial charge on any atom is 0.259 e. The highest BCUT2D eigenvalue weighted by Crippen LogP contribution is 2.45. The van der Waals surface area contributed by atoms with E-state index < -0.39 is 0 Å². The molecule has 0 radical (unpaired) electrons. The molecule has 5 rings (SSSR count). The molecule has 180 valence electrons. The number of benzene rings is 2. The summed E-state index contributed by atoms with van der Waals surface area (Å²) in [4.78, 5) is 19.7. The van der Waals surface area contributed by atoms with E-state index in [4.69, 9.17) is 16.6 Å². The van der Waals surface area contributed by atoms with Crippen molar-refractivity contribution in [2.75, 3.05) is 5.32 Å². The molecule has 0 bridgehead atoms. The van der Waals surface area contributed by atoms with E-state index in [2.05, 4.69) is 49.0 Å². The minimum absolute atomic E-state index is 0.107. The number of para-hydroxylation sites is 1. The standard InChI is InChI=1S/C29H30ClN3OS/c1-29(2,3)19-9-14-23-25(15-19)35-28(26(23)27(34)32-21-12-10-20(30)11-13-21)31-16-18-17-33(4)24-8-6-5-7-22(18)24/h5-8,10-13,16-17,19H,9,14-15H2,1-4H3,(H,32,34)/t19-/m1/s1. The molecule has 2 aromatic heterocycles. The number of thiophene rings is 1. The van der Waals surface area contributed by atoms with Crippen LogP contribution in [0.25, 0.3) is 10.9 Å². The van der Waals surface area contributed by atoms with Crippen LogP contribution in [0.1, 0.15) is 53.6 Å². The normalized spacial score (nSPS) is 16.1. The van der Waals surface area contributed by atoms with Crippen molar-refractivity contribution in [3.63, 3.8) is 0 Å². The number of anilines is 1. The van der Waals surface area contributed by atoms with E-state index in [-0.39, 0.29) is 11.3 Å². The second kappa shape index (κ2) is 9.29. The zero-order valence-corrected chi connectivity index (χ0v) is 22.1. The summed E-state index contributed by atoms with van der Waals surface area (Å²) in [5.41, 5.74) is 5.04. The second-order valence-corrected chi connectivity index (χ2v) is 11.9. The number of aromatic nitrogens is 1. The van der Waals surface area contributed by atoms with Gasteiger partial charge in [-0.15, -0.1) is 11.3 Å². The third-order valence-electron chi connectivity index (χ3n) is 7.05. The number of nitrogens with zero attached hydrogens (tertiary/aromatic N) is 2. The van der Waals surface area contributed by atoms with Gasteiger partial charge in [-0.1, -0.05) is 50.6 Å². The van der Waals surface area contributed by atoms with Crippen molar-refractivity contribution >= 4 is 56.7 Å². The third-order valence-corrected chi connectivity index (χ3v) is 8.46. The van der Waals surface area contributed by atoms with E-state index in [1.165, 1.54) is 4.88 Å². The molecule has 4 nitrogen and oxygen atoms in total. The summed E-state index contributed by atoms with van der Waals surface area (Å²) >= 11 is 7.70. The van der Waals surface area contributed by atoms with Crippen LogP contribution in [-0.2, 0) is 19.9 Å². The molecule has 2 aromatic carbocycles. The van der Waals surface area contributed by atoms with Gasteiger partial charge in [0.25, 0.3) is 5.91 Å². The van der Waals surface area contributed by atoms with E-state index in [0.717, 1.165) is 52.0 Å². The molecule has 0 unspecified atom stereocenters. The number of aryl methyl sites for hydroxylation is 1. The molecular formula is C29H30ClN3OS. The van der Waals surface area contributed by atoms with Gasteiger partial charge >= 0.3 is 0 Å². The van der Waals surface area contributed by atoms with Crippen molar-refractivity contribution in [3.8, 4) is 0 Å². The van der Waals surface area contributed by atoms with Gasteiger partial charge in [0.1, 0.15) is 5.00 Å². The van der Waals surface area contributed by atoms with Gasteiger partial charge in [-0.05, 0) is 66.5 Å². The smallest absolute Gasteiger partial charge is 0.259 e. The summed E-state index contributed by atoms with van der Waals surface area (Å²) in [6.07, 6.45) is 6.97.